The predicted molar refractivity (Wildman–Crippen MR) is 77.0 cm³/mol. The number of nitrogens with zero attached hydrogens (tertiary/aromatic N) is 1. The van der Waals surface area contributed by atoms with Crippen molar-refractivity contribution in [1.82, 2.24) is 4.90 Å². The fourth-order valence-electron chi connectivity index (χ4n) is 1.77. The summed E-state index contributed by atoms with van der Waals surface area (Å²) in [7, 11) is 3.02. The molecule has 1 rings (SSSR count). The number of hydrogen-bond acceptors (Lipinski definition) is 3. The fourth-order valence-corrected chi connectivity index (χ4v) is 2.43. The van der Waals surface area contributed by atoms with Crippen LogP contribution in [0.4, 0.5) is 0 Å². The van der Waals surface area contributed by atoms with Crippen molar-refractivity contribution in [2.75, 3.05) is 20.7 Å². The Labute approximate surface area is 121 Å². The first-order valence-corrected chi connectivity index (χ1v) is 6.75. The highest BCUT2D eigenvalue weighted by Gasteiger charge is 2.20. The van der Waals surface area contributed by atoms with Gasteiger partial charge in [0.1, 0.15) is 0 Å². The lowest BCUT2D eigenvalue weighted by atomic mass is 10.1. The average Bonchev–Trinajstić information content (AvgIpc) is 2.36. The zero-order valence-corrected chi connectivity index (χ0v) is 13.2. The van der Waals surface area contributed by atoms with Crippen molar-refractivity contribution >= 4 is 27.8 Å². The summed E-state index contributed by atoms with van der Waals surface area (Å²) in [6.45, 7) is 4.02. The Kier molecular flexibility index (Phi) is 5.54. The van der Waals surface area contributed by atoms with Gasteiger partial charge < -0.3 is 9.64 Å². The molecule has 5 heteroatoms. The van der Waals surface area contributed by atoms with Gasteiger partial charge in [-0.15, -0.1) is 0 Å². The number of esters is 1. The number of ether oxygens (including phenoxy) is 1. The lowest BCUT2D eigenvalue weighted by Gasteiger charge is -2.21. The number of carbonyl (C=O) groups excluding carboxylic acids is 2. The molecule has 0 aromatic heterocycles. The van der Waals surface area contributed by atoms with Crippen LogP contribution >= 0.6 is 15.9 Å². The van der Waals surface area contributed by atoms with Crippen LogP contribution in [-0.4, -0.2) is 37.5 Å². The van der Waals surface area contributed by atoms with Crippen LogP contribution < -0.4 is 0 Å². The monoisotopic (exact) mass is 327 g/mol. The van der Waals surface area contributed by atoms with Gasteiger partial charge in [-0.05, 0) is 40.5 Å². The summed E-state index contributed by atoms with van der Waals surface area (Å²) in [5.74, 6) is -0.784. The Balaban J connectivity index is 2.79. The van der Waals surface area contributed by atoms with Crippen LogP contribution in [0.5, 0.6) is 0 Å². The molecule has 0 heterocycles. The molecule has 0 radical (unpaired) electrons. The van der Waals surface area contributed by atoms with Gasteiger partial charge >= 0.3 is 5.97 Å². The maximum atomic E-state index is 12.3. The van der Waals surface area contributed by atoms with Gasteiger partial charge in [-0.1, -0.05) is 13.0 Å². The van der Waals surface area contributed by atoms with Gasteiger partial charge in [0.15, 0.2) is 0 Å². The molecule has 1 atom stereocenters. The number of carbonyl (C=O) groups is 2. The van der Waals surface area contributed by atoms with Crippen LogP contribution in [0.1, 0.15) is 22.8 Å². The molecular weight excluding hydrogens is 310 g/mol. The Morgan fingerprint density at radius 1 is 1.42 bits per heavy atom. The summed E-state index contributed by atoms with van der Waals surface area (Å²) in [4.78, 5) is 25.1. The van der Waals surface area contributed by atoms with Crippen molar-refractivity contribution in [3.8, 4) is 0 Å². The number of hydrogen-bond donors (Lipinski definition) is 0. The molecule has 1 unspecified atom stereocenters. The summed E-state index contributed by atoms with van der Waals surface area (Å²) < 4.78 is 5.41. The van der Waals surface area contributed by atoms with E-state index in [-0.39, 0.29) is 17.8 Å². The molecule has 0 N–H and O–H groups in total. The van der Waals surface area contributed by atoms with E-state index in [1.54, 1.807) is 20.0 Å². The Morgan fingerprint density at radius 3 is 2.58 bits per heavy atom. The molecule has 1 aromatic carbocycles. The van der Waals surface area contributed by atoms with Crippen LogP contribution in [0.3, 0.4) is 0 Å². The minimum Gasteiger partial charge on any atom is -0.469 e. The van der Waals surface area contributed by atoms with Gasteiger partial charge in [-0.2, -0.15) is 0 Å². The molecule has 4 nitrogen and oxygen atoms in total. The predicted octanol–water partition coefficient (Wildman–Crippen LogP) is 2.64. The first kappa shape index (κ1) is 15.7. The van der Waals surface area contributed by atoms with E-state index in [0.717, 1.165) is 10.0 Å². The fraction of sp³-hybridized carbons (Fsp3) is 0.429. The minimum atomic E-state index is -0.344. The molecule has 0 aliphatic heterocycles. The Bertz CT molecular complexity index is 488. The van der Waals surface area contributed by atoms with E-state index in [1.807, 2.05) is 19.1 Å². The molecule has 0 fully saturated rings. The molecule has 0 saturated heterocycles. The van der Waals surface area contributed by atoms with Gasteiger partial charge in [0, 0.05) is 18.1 Å². The minimum absolute atomic E-state index is 0.123. The lowest BCUT2D eigenvalue weighted by molar-refractivity contribution is -0.145. The van der Waals surface area contributed by atoms with Crippen molar-refractivity contribution in [2.24, 2.45) is 5.92 Å². The number of aryl methyl sites for hydroxylation is 1. The van der Waals surface area contributed by atoms with E-state index < -0.39 is 0 Å². The quantitative estimate of drug-likeness (QED) is 0.799. The summed E-state index contributed by atoms with van der Waals surface area (Å²) in [5, 5.41) is 0. The van der Waals surface area contributed by atoms with Crippen molar-refractivity contribution in [3.05, 3.63) is 33.8 Å². The van der Waals surface area contributed by atoms with E-state index in [0.29, 0.717) is 12.1 Å². The zero-order chi connectivity index (χ0) is 14.6. The highest BCUT2D eigenvalue weighted by Crippen LogP contribution is 2.20. The van der Waals surface area contributed by atoms with Crippen molar-refractivity contribution in [1.29, 1.82) is 0 Å². The van der Waals surface area contributed by atoms with Crippen LogP contribution in [0.15, 0.2) is 22.7 Å². The van der Waals surface area contributed by atoms with Crippen LogP contribution in [0, 0.1) is 12.8 Å². The zero-order valence-electron chi connectivity index (χ0n) is 11.6. The van der Waals surface area contributed by atoms with Gasteiger partial charge in [0.25, 0.3) is 5.91 Å². The molecule has 19 heavy (non-hydrogen) atoms. The first-order valence-electron chi connectivity index (χ1n) is 5.96. The van der Waals surface area contributed by atoms with E-state index >= 15 is 0 Å². The lowest BCUT2D eigenvalue weighted by Crippen LogP contribution is -2.34. The second-order valence-electron chi connectivity index (χ2n) is 4.59. The standard InChI is InChI=1S/C14H18BrNO3/c1-9-5-6-11(12(15)7-9)13(17)16(3)8-10(2)14(18)19-4/h5-7,10H,8H2,1-4H3. The molecule has 104 valence electrons. The Morgan fingerprint density at radius 2 is 2.05 bits per heavy atom. The SMILES string of the molecule is COC(=O)C(C)CN(C)C(=O)c1ccc(C)cc1Br. The summed E-state index contributed by atoms with van der Waals surface area (Å²) >= 11 is 3.39. The smallest absolute Gasteiger partial charge is 0.310 e. The molecule has 0 bridgehead atoms. The van der Waals surface area contributed by atoms with E-state index in [4.69, 9.17) is 0 Å². The largest absolute Gasteiger partial charge is 0.469 e. The van der Waals surface area contributed by atoms with Gasteiger partial charge in [0.05, 0.1) is 18.6 Å². The first-order chi connectivity index (χ1) is 8.86. The van der Waals surface area contributed by atoms with Crippen LogP contribution in [0.25, 0.3) is 0 Å². The summed E-state index contributed by atoms with van der Waals surface area (Å²) in [6.07, 6.45) is 0. The maximum Gasteiger partial charge on any atom is 0.310 e. The number of rotatable bonds is 4. The second kappa shape index (κ2) is 6.70. The number of benzene rings is 1. The average molecular weight is 328 g/mol. The van der Waals surface area contributed by atoms with Crippen LogP contribution in [0.2, 0.25) is 0 Å². The molecule has 0 aliphatic rings. The van der Waals surface area contributed by atoms with Gasteiger partial charge in [-0.25, -0.2) is 0 Å². The van der Waals surface area contributed by atoms with Crippen molar-refractivity contribution in [3.63, 3.8) is 0 Å². The number of methoxy groups -OCH3 is 1. The van der Waals surface area contributed by atoms with Crippen LogP contribution in [-0.2, 0) is 9.53 Å². The van der Waals surface area contributed by atoms with Gasteiger partial charge in [0.2, 0.25) is 0 Å². The molecule has 0 saturated carbocycles. The topological polar surface area (TPSA) is 46.6 Å². The summed E-state index contributed by atoms with van der Waals surface area (Å²) in [6, 6.07) is 5.56. The normalized spacial score (nSPS) is 11.8. The third-order valence-electron chi connectivity index (χ3n) is 2.85. The third kappa shape index (κ3) is 4.06. The number of halogens is 1. The van der Waals surface area contributed by atoms with E-state index in [1.165, 1.54) is 12.0 Å². The third-order valence-corrected chi connectivity index (χ3v) is 3.51. The number of amides is 1. The van der Waals surface area contributed by atoms with E-state index in [2.05, 4.69) is 20.7 Å². The molecule has 1 aromatic rings. The molecule has 0 aliphatic carbocycles. The molecule has 1 amide bonds. The highest BCUT2D eigenvalue weighted by atomic mass is 79.9. The highest BCUT2D eigenvalue weighted by molar-refractivity contribution is 9.10. The Hall–Kier alpha value is -1.36. The van der Waals surface area contributed by atoms with Crippen molar-refractivity contribution < 1.29 is 14.3 Å². The molecular formula is C14H18BrNO3. The second-order valence-corrected chi connectivity index (χ2v) is 5.45. The maximum absolute atomic E-state index is 12.3. The van der Waals surface area contributed by atoms with Crippen molar-refractivity contribution in [2.45, 2.75) is 13.8 Å². The molecule has 0 spiro atoms. The van der Waals surface area contributed by atoms with E-state index in [9.17, 15) is 9.59 Å². The van der Waals surface area contributed by atoms with Gasteiger partial charge in [-0.3, -0.25) is 9.59 Å². The summed E-state index contributed by atoms with van der Waals surface area (Å²) in [5.41, 5.74) is 1.67.